The molecule has 0 spiro atoms. The van der Waals surface area contributed by atoms with E-state index in [4.69, 9.17) is 9.57 Å². The van der Waals surface area contributed by atoms with Crippen LogP contribution in [-0.2, 0) is 4.79 Å². The summed E-state index contributed by atoms with van der Waals surface area (Å²) in [5.74, 6) is 1.61. The van der Waals surface area contributed by atoms with Crippen molar-refractivity contribution >= 4 is 28.2 Å². The summed E-state index contributed by atoms with van der Waals surface area (Å²) in [6.07, 6.45) is 1.74. The summed E-state index contributed by atoms with van der Waals surface area (Å²) in [7, 11) is 0. The van der Waals surface area contributed by atoms with E-state index in [1.165, 1.54) is 11.1 Å². The van der Waals surface area contributed by atoms with Gasteiger partial charge in [0.1, 0.15) is 17.2 Å². The van der Waals surface area contributed by atoms with Crippen LogP contribution in [0.25, 0.3) is 10.9 Å². The second-order valence-electron chi connectivity index (χ2n) is 7.42. The van der Waals surface area contributed by atoms with E-state index in [9.17, 15) is 4.79 Å². The number of nitrogens with one attached hydrogen (secondary N) is 1. The highest BCUT2D eigenvalue weighted by Crippen LogP contribution is 2.31. The lowest BCUT2D eigenvalue weighted by Crippen LogP contribution is -2.20. The first-order valence-electron chi connectivity index (χ1n) is 10.2. The van der Waals surface area contributed by atoms with Crippen LogP contribution < -0.4 is 14.9 Å². The Morgan fingerprint density at radius 2 is 1.62 bits per heavy atom. The largest absolute Gasteiger partial charge is 0.457 e. The molecule has 1 aromatic heterocycles. The van der Waals surface area contributed by atoms with Gasteiger partial charge in [-0.3, -0.25) is 9.78 Å². The maximum Gasteiger partial charge on any atom is 0.273 e. The molecule has 1 N–H and O–H groups in total. The lowest BCUT2D eigenvalue weighted by molar-refractivity contribution is -0.110. The van der Waals surface area contributed by atoms with Crippen LogP contribution in [0.5, 0.6) is 17.2 Å². The van der Waals surface area contributed by atoms with E-state index in [-0.39, 0.29) is 11.6 Å². The Morgan fingerprint density at radius 3 is 2.38 bits per heavy atom. The Bertz CT molecular complexity index is 1280. The van der Waals surface area contributed by atoms with Crippen molar-refractivity contribution in [3.8, 4) is 17.2 Å². The lowest BCUT2D eigenvalue weighted by Gasteiger charge is -2.11. The fourth-order valence-electron chi connectivity index (χ4n) is 3.07. The summed E-state index contributed by atoms with van der Waals surface area (Å²) in [5.41, 5.74) is 4.10. The lowest BCUT2D eigenvalue weighted by atomic mass is 10.1. The Morgan fingerprint density at radius 1 is 0.906 bits per heavy atom. The predicted octanol–water partition coefficient (Wildman–Crippen LogP) is 6.04. The number of carbonyl (C=O) groups excluding carboxylic acids is 1. The molecule has 32 heavy (non-hydrogen) atoms. The number of fused-ring (bicyclic) bond motifs is 1. The van der Waals surface area contributed by atoms with Gasteiger partial charge in [-0.1, -0.05) is 23.4 Å². The van der Waals surface area contributed by atoms with Gasteiger partial charge in [0.25, 0.3) is 5.91 Å². The highest BCUT2D eigenvalue weighted by Gasteiger charge is 2.09. The number of pyridine rings is 1. The maximum atomic E-state index is 12.4. The van der Waals surface area contributed by atoms with Gasteiger partial charge in [-0.05, 0) is 86.5 Å². The third-order valence-electron chi connectivity index (χ3n) is 5.02. The minimum Gasteiger partial charge on any atom is -0.457 e. The van der Waals surface area contributed by atoms with E-state index in [2.05, 4.69) is 41.4 Å². The fourth-order valence-corrected chi connectivity index (χ4v) is 3.07. The van der Waals surface area contributed by atoms with Crippen molar-refractivity contribution < 1.29 is 14.4 Å². The zero-order chi connectivity index (χ0) is 22.5. The summed E-state index contributed by atoms with van der Waals surface area (Å²) in [6.45, 7) is 5.73. The summed E-state index contributed by atoms with van der Waals surface area (Å²) < 4.78 is 6.09. The van der Waals surface area contributed by atoms with Crippen molar-refractivity contribution in [2.45, 2.75) is 20.8 Å². The number of nitrogens with zero attached hydrogens (tertiary/aromatic N) is 2. The summed E-state index contributed by atoms with van der Waals surface area (Å²) in [4.78, 5) is 22.1. The molecule has 6 heteroatoms. The van der Waals surface area contributed by atoms with Crippen molar-refractivity contribution in [1.82, 2.24) is 4.98 Å². The van der Waals surface area contributed by atoms with Crippen LogP contribution in [0.4, 0.5) is 5.69 Å². The molecular weight excluding hydrogens is 402 g/mol. The zero-order valence-electron chi connectivity index (χ0n) is 18.1. The molecule has 0 radical (unpaired) electrons. The average Bonchev–Trinajstić information content (AvgIpc) is 2.80. The second-order valence-corrected chi connectivity index (χ2v) is 7.42. The third kappa shape index (κ3) is 4.92. The quantitative estimate of drug-likeness (QED) is 0.302. The van der Waals surface area contributed by atoms with Crippen LogP contribution in [-0.4, -0.2) is 16.6 Å². The smallest absolute Gasteiger partial charge is 0.273 e. The number of rotatable bonds is 6. The van der Waals surface area contributed by atoms with Gasteiger partial charge in [-0.25, -0.2) is 0 Å². The van der Waals surface area contributed by atoms with Gasteiger partial charge in [-0.2, -0.15) is 0 Å². The Balaban J connectivity index is 1.43. The number of aromatic nitrogens is 1. The highest BCUT2D eigenvalue weighted by atomic mass is 16.6. The van der Waals surface area contributed by atoms with Crippen LogP contribution in [0.15, 0.2) is 84.1 Å². The number of para-hydroxylation sites is 1. The van der Waals surface area contributed by atoms with Crippen molar-refractivity contribution in [3.05, 3.63) is 90.1 Å². The normalized spacial score (nSPS) is 11.3. The number of aryl methyl sites for hydroxylation is 2. The second kappa shape index (κ2) is 9.31. The van der Waals surface area contributed by atoms with E-state index >= 15 is 0 Å². The molecule has 0 atom stereocenters. The van der Waals surface area contributed by atoms with Gasteiger partial charge in [0.15, 0.2) is 5.75 Å². The van der Waals surface area contributed by atoms with Crippen LogP contribution in [0.3, 0.4) is 0 Å². The molecule has 0 unspecified atom stereocenters. The molecule has 3 aromatic carbocycles. The van der Waals surface area contributed by atoms with Gasteiger partial charge in [0, 0.05) is 17.3 Å². The van der Waals surface area contributed by atoms with E-state index in [0.29, 0.717) is 17.2 Å². The van der Waals surface area contributed by atoms with Gasteiger partial charge in [0.05, 0.1) is 5.52 Å². The van der Waals surface area contributed by atoms with Gasteiger partial charge in [0.2, 0.25) is 0 Å². The van der Waals surface area contributed by atoms with Crippen molar-refractivity contribution in [2.75, 3.05) is 5.32 Å². The molecule has 0 aliphatic rings. The monoisotopic (exact) mass is 425 g/mol. The molecule has 4 aromatic rings. The SMILES string of the molecule is CC(=NOc1ccccc1)C(=O)Nc1ccc(Oc2ccnc3cc(C)c(C)cc23)cc1. The fraction of sp³-hybridized carbons (Fsp3) is 0.115. The zero-order valence-corrected chi connectivity index (χ0v) is 18.1. The van der Waals surface area contributed by atoms with E-state index in [1.54, 1.807) is 49.5 Å². The molecule has 1 amide bonds. The molecule has 0 fully saturated rings. The molecule has 0 aliphatic heterocycles. The first-order valence-corrected chi connectivity index (χ1v) is 10.2. The summed E-state index contributed by atoms with van der Waals surface area (Å²) in [5, 5.41) is 7.63. The van der Waals surface area contributed by atoms with Gasteiger partial charge in [-0.15, -0.1) is 0 Å². The third-order valence-corrected chi connectivity index (χ3v) is 5.02. The number of amides is 1. The van der Waals surface area contributed by atoms with Gasteiger partial charge >= 0.3 is 0 Å². The molecule has 160 valence electrons. The Labute approximate surface area is 186 Å². The standard InChI is InChI=1S/C26H23N3O3/c1-17-15-23-24(16-18(17)2)27-14-13-25(23)31-21-11-9-20(10-12-21)28-26(30)19(3)29-32-22-7-5-4-6-8-22/h4-16H,1-3H3,(H,28,30). The predicted molar refractivity (Wildman–Crippen MR) is 127 cm³/mol. The molecule has 0 saturated heterocycles. The number of hydrogen-bond donors (Lipinski definition) is 1. The van der Waals surface area contributed by atoms with Gasteiger partial charge < -0.3 is 14.9 Å². The van der Waals surface area contributed by atoms with E-state index in [0.717, 1.165) is 16.7 Å². The summed E-state index contributed by atoms with van der Waals surface area (Å²) in [6, 6.07) is 22.2. The topological polar surface area (TPSA) is 72.8 Å². The van der Waals surface area contributed by atoms with Crippen LogP contribution >= 0.6 is 0 Å². The van der Waals surface area contributed by atoms with Crippen LogP contribution in [0, 0.1) is 13.8 Å². The first-order chi connectivity index (χ1) is 15.5. The minimum absolute atomic E-state index is 0.211. The van der Waals surface area contributed by atoms with E-state index in [1.807, 2.05) is 24.3 Å². The summed E-state index contributed by atoms with van der Waals surface area (Å²) >= 11 is 0. The molecule has 0 saturated carbocycles. The van der Waals surface area contributed by atoms with Crippen molar-refractivity contribution in [1.29, 1.82) is 0 Å². The highest BCUT2D eigenvalue weighted by molar-refractivity contribution is 6.42. The molecular formula is C26H23N3O3. The van der Waals surface area contributed by atoms with E-state index < -0.39 is 0 Å². The Kier molecular flexibility index (Phi) is 6.12. The van der Waals surface area contributed by atoms with Crippen molar-refractivity contribution in [2.24, 2.45) is 5.16 Å². The Hall–Kier alpha value is -4.19. The van der Waals surface area contributed by atoms with Crippen LogP contribution in [0.2, 0.25) is 0 Å². The molecule has 6 nitrogen and oxygen atoms in total. The number of ether oxygens (including phenoxy) is 1. The first kappa shape index (κ1) is 21.1. The number of hydrogen-bond acceptors (Lipinski definition) is 5. The molecule has 0 aliphatic carbocycles. The molecule has 4 rings (SSSR count). The molecule has 1 heterocycles. The van der Waals surface area contributed by atoms with Crippen molar-refractivity contribution in [3.63, 3.8) is 0 Å². The maximum absolute atomic E-state index is 12.4. The number of oxime groups is 1. The number of benzene rings is 3. The minimum atomic E-state index is -0.347. The average molecular weight is 425 g/mol. The molecule has 0 bridgehead atoms. The number of carbonyl (C=O) groups is 1. The number of anilines is 1. The van der Waals surface area contributed by atoms with Crippen LogP contribution in [0.1, 0.15) is 18.1 Å².